The fourth-order valence-electron chi connectivity index (χ4n) is 3.88. The van der Waals surface area contributed by atoms with E-state index in [9.17, 15) is 19.5 Å². The first-order valence-corrected chi connectivity index (χ1v) is 14.3. The Labute approximate surface area is 248 Å². The number of unbranched alkanes of at least 4 members (excludes halogenated alkanes) is 2. The molecule has 0 saturated carbocycles. The fourth-order valence-corrected chi connectivity index (χ4v) is 4.46. The quantitative estimate of drug-likeness (QED) is 0.118. The van der Waals surface area contributed by atoms with Gasteiger partial charge in [0.1, 0.15) is 16.5 Å². The third-order valence-electron chi connectivity index (χ3n) is 6.19. The molecule has 0 spiro atoms. The number of aromatic hydroxyl groups is 1. The average molecular weight is 594 g/mol. The van der Waals surface area contributed by atoms with Gasteiger partial charge in [0.05, 0.1) is 42.6 Å². The maximum atomic E-state index is 12.7. The van der Waals surface area contributed by atoms with Gasteiger partial charge >= 0.3 is 5.97 Å². The van der Waals surface area contributed by atoms with Crippen molar-refractivity contribution in [3.63, 3.8) is 0 Å². The summed E-state index contributed by atoms with van der Waals surface area (Å²) in [5.74, 6) is -0.0999. The van der Waals surface area contributed by atoms with Crippen LogP contribution in [0.4, 0.5) is 11.4 Å². The number of rotatable bonds is 11. The molecular formula is C30H35N5O6S. The molecule has 0 aliphatic heterocycles. The molecule has 0 aliphatic rings. The Morgan fingerprint density at radius 1 is 1.05 bits per heavy atom. The lowest BCUT2D eigenvalue weighted by molar-refractivity contribution is -0.140. The lowest BCUT2D eigenvalue weighted by atomic mass is 10.0. The Morgan fingerprint density at radius 2 is 1.83 bits per heavy atom. The Kier molecular flexibility index (Phi) is 12.2. The van der Waals surface area contributed by atoms with Gasteiger partial charge in [-0.1, -0.05) is 61.9 Å². The second-order valence-electron chi connectivity index (χ2n) is 9.09. The number of ether oxygens (including phenoxy) is 2. The maximum Gasteiger partial charge on any atom is 0.316 e. The van der Waals surface area contributed by atoms with Gasteiger partial charge in [-0.05, 0) is 30.7 Å². The van der Waals surface area contributed by atoms with E-state index in [-0.39, 0.29) is 23.2 Å². The number of benzene rings is 3. The summed E-state index contributed by atoms with van der Waals surface area (Å²) in [5, 5.41) is 25.2. The van der Waals surface area contributed by atoms with Gasteiger partial charge in [0.25, 0.3) is 5.91 Å². The van der Waals surface area contributed by atoms with Crippen molar-refractivity contribution in [2.45, 2.75) is 38.1 Å². The highest BCUT2D eigenvalue weighted by Crippen LogP contribution is 2.35. The number of hydrogen-bond acceptors (Lipinski definition) is 9. The summed E-state index contributed by atoms with van der Waals surface area (Å²) in [7, 11) is 3.18. The third-order valence-corrected chi connectivity index (χ3v) is 7.06. The molecule has 4 rings (SSSR count). The molecule has 11 nitrogen and oxygen atoms in total. The Balaban J connectivity index is 0.000000274. The second kappa shape index (κ2) is 16.0. The molecule has 0 atom stereocenters. The number of esters is 1. The van der Waals surface area contributed by atoms with Crippen LogP contribution in [0, 0.1) is 0 Å². The normalized spacial score (nSPS) is 10.4. The predicted octanol–water partition coefficient (Wildman–Crippen LogP) is 5.42. The SMILES string of the molecule is CCCCCOC(=O)CSc1cn[nH]n1.COc1ccccc1NC(=O)c1ccc2c(N(C)C(C)=O)cccc2c1O. The van der Waals surface area contributed by atoms with Crippen LogP contribution in [0.1, 0.15) is 43.5 Å². The van der Waals surface area contributed by atoms with Crippen molar-refractivity contribution in [1.82, 2.24) is 15.4 Å². The number of anilines is 2. The lowest BCUT2D eigenvalue weighted by Crippen LogP contribution is -2.23. The summed E-state index contributed by atoms with van der Waals surface area (Å²) < 4.78 is 10.3. The summed E-state index contributed by atoms with van der Waals surface area (Å²) in [4.78, 5) is 37.1. The number of nitrogens with one attached hydrogen (secondary N) is 2. The van der Waals surface area contributed by atoms with Gasteiger partial charge in [0.15, 0.2) is 0 Å². The summed E-state index contributed by atoms with van der Waals surface area (Å²) in [6, 6.07) is 15.5. The van der Waals surface area contributed by atoms with Crippen LogP contribution < -0.4 is 15.0 Å². The predicted molar refractivity (Wildman–Crippen MR) is 163 cm³/mol. The van der Waals surface area contributed by atoms with Gasteiger partial charge in [-0.3, -0.25) is 14.4 Å². The molecule has 0 bridgehead atoms. The zero-order chi connectivity index (χ0) is 30.5. The van der Waals surface area contributed by atoms with Gasteiger partial charge in [0, 0.05) is 24.7 Å². The molecule has 0 aliphatic carbocycles. The van der Waals surface area contributed by atoms with Gasteiger partial charge in [0.2, 0.25) is 5.91 Å². The van der Waals surface area contributed by atoms with E-state index >= 15 is 0 Å². The Morgan fingerprint density at radius 3 is 2.52 bits per heavy atom. The van der Waals surface area contributed by atoms with E-state index in [0.717, 1.165) is 19.3 Å². The number of hydrogen-bond donors (Lipinski definition) is 3. The number of H-pyrrole nitrogens is 1. The van der Waals surface area contributed by atoms with Gasteiger partial charge in [-0.25, -0.2) is 0 Å². The van der Waals surface area contributed by atoms with E-state index < -0.39 is 5.91 Å². The first-order chi connectivity index (χ1) is 20.3. The maximum absolute atomic E-state index is 12.7. The molecule has 3 aromatic carbocycles. The molecule has 0 radical (unpaired) electrons. The molecule has 1 aromatic heterocycles. The second-order valence-corrected chi connectivity index (χ2v) is 10.1. The number of aromatic amines is 1. The number of nitrogens with zero attached hydrogens (tertiary/aromatic N) is 3. The molecule has 1 heterocycles. The number of para-hydroxylation sites is 2. The van der Waals surface area contributed by atoms with Crippen LogP contribution in [-0.4, -0.2) is 64.8 Å². The molecular weight excluding hydrogens is 558 g/mol. The van der Waals surface area contributed by atoms with Crippen molar-refractivity contribution < 1.29 is 29.0 Å². The molecule has 0 saturated heterocycles. The highest BCUT2D eigenvalue weighted by molar-refractivity contribution is 7.99. The molecule has 4 aromatic rings. The van der Waals surface area contributed by atoms with E-state index in [1.54, 1.807) is 67.8 Å². The molecule has 3 N–H and O–H groups in total. The standard InChI is InChI=1S/C21H20N2O4.C9H15N3O2S/c1-13(24)23(2)18-9-6-7-15-14(18)11-12-16(20(15)25)21(26)22-17-8-4-5-10-19(17)27-3;1-2-3-4-5-14-9(13)7-15-8-6-10-12-11-8/h4-12,25H,1-3H3,(H,22,26);6H,2-5,7H2,1H3,(H,10,11,12). The summed E-state index contributed by atoms with van der Waals surface area (Å²) in [6.45, 7) is 4.10. The van der Waals surface area contributed by atoms with Crippen molar-refractivity contribution in [3.05, 3.63) is 66.4 Å². The molecule has 42 heavy (non-hydrogen) atoms. The van der Waals surface area contributed by atoms with Gasteiger partial charge < -0.3 is 24.8 Å². The van der Waals surface area contributed by atoms with E-state index in [2.05, 4.69) is 27.7 Å². The number of thioether (sulfide) groups is 1. The first-order valence-electron chi connectivity index (χ1n) is 13.3. The Bertz CT molecular complexity index is 1500. The lowest BCUT2D eigenvalue weighted by Gasteiger charge is -2.18. The van der Waals surface area contributed by atoms with E-state index in [1.807, 2.05) is 0 Å². The highest BCUT2D eigenvalue weighted by Gasteiger charge is 2.18. The third kappa shape index (κ3) is 8.71. The first kappa shape index (κ1) is 31.9. The van der Waals surface area contributed by atoms with Crippen molar-refractivity contribution >= 4 is 51.7 Å². The zero-order valence-electron chi connectivity index (χ0n) is 24.0. The van der Waals surface area contributed by atoms with Crippen molar-refractivity contribution in [2.75, 3.05) is 36.7 Å². The fraction of sp³-hybridized carbons (Fsp3) is 0.300. The molecule has 0 unspecified atom stereocenters. The number of fused-ring (bicyclic) bond motifs is 1. The molecule has 12 heteroatoms. The smallest absolute Gasteiger partial charge is 0.316 e. The minimum atomic E-state index is -0.454. The van der Waals surface area contributed by atoms with Crippen LogP contribution >= 0.6 is 11.8 Å². The van der Waals surface area contributed by atoms with E-state index in [1.165, 1.54) is 30.7 Å². The van der Waals surface area contributed by atoms with Crippen LogP contribution in [0.15, 0.2) is 65.8 Å². The van der Waals surface area contributed by atoms with Gasteiger partial charge in [-0.2, -0.15) is 10.3 Å². The Hall–Kier alpha value is -4.58. The van der Waals surface area contributed by atoms with E-state index in [0.29, 0.717) is 45.3 Å². The number of phenols is 1. The zero-order valence-corrected chi connectivity index (χ0v) is 24.9. The summed E-state index contributed by atoms with van der Waals surface area (Å²) in [5.41, 5.74) is 1.30. The van der Waals surface area contributed by atoms with Crippen molar-refractivity contribution in [1.29, 1.82) is 0 Å². The number of amides is 2. The minimum Gasteiger partial charge on any atom is -0.506 e. The monoisotopic (exact) mass is 593 g/mol. The average Bonchev–Trinajstić information content (AvgIpc) is 3.52. The van der Waals surface area contributed by atoms with Gasteiger partial charge in [-0.15, -0.1) is 5.10 Å². The molecule has 0 fully saturated rings. The molecule has 2 amide bonds. The number of methoxy groups -OCH3 is 1. The van der Waals surface area contributed by atoms with Crippen LogP contribution in [0.2, 0.25) is 0 Å². The minimum absolute atomic E-state index is 0.125. The van der Waals surface area contributed by atoms with Crippen molar-refractivity contribution in [2.24, 2.45) is 0 Å². The summed E-state index contributed by atoms with van der Waals surface area (Å²) in [6.07, 6.45) is 4.75. The summed E-state index contributed by atoms with van der Waals surface area (Å²) >= 11 is 1.32. The van der Waals surface area contributed by atoms with Crippen LogP contribution in [0.5, 0.6) is 11.5 Å². The number of aromatic nitrogens is 3. The topological polar surface area (TPSA) is 147 Å². The number of carbonyl (C=O) groups is 3. The van der Waals surface area contributed by atoms with Crippen LogP contribution in [0.3, 0.4) is 0 Å². The molecule has 222 valence electrons. The van der Waals surface area contributed by atoms with Crippen LogP contribution in [-0.2, 0) is 14.3 Å². The van der Waals surface area contributed by atoms with Crippen LogP contribution in [0.25, 0.3) is 10.8 Å². The number of carbonyl (C=O) groups excluding carboxylic acids is 3. The highest BCUT2D eigenvalue weighted by atomic mass is 32.2. The van der Waals surface area contributed by atoms with E-state index in [4.69, 9.17) is 9.47 Å². The number of phenolic OH excluding ortho intramolecular Hbond substituents is 1. The largest absolute Gasteiger partial charge is 0.506 e. The van der Waals surface area contributed by atoms with Crippen molar-refractivity contribution in [3.8, 4) is 11.5 Å².